The third-order valence-corrected chi connectivity index (χ3v) is 4.21. The SMILES string of the molecule is CCSc1cccc(N2CCCCC2)c1C(=N)N. The van der Waals surface area contributed by atoms with Gasteiger partial charge in [-0.3, -0.25) is 5.41 Å². The van der Waals surface area contributed by atoms with Crippen molar-refractivity contribution in [3.05, 3.63) is 23.8 Å². The number of hydrogen-bond donors (Lipinski definition) is 2. The molecule has 3 N–H and O–H groups in total. The molecule has 1 aromatic carbocycles. The number of benzene rings is 1. The molecule has 1 aliphatic rings. The van der Waals surface area contributed by atoms with Crippen molar-refractivity contribution >= 4 is 23.3 Å². The summed E-state index contributed by atoms with van der Waals surface area (Å²) in [6.45, 7) is 4.29. The number of nitrogens with zero attached hydrogens (tertiary/aromatic N) is 1. The summed E-state index contributed by atoms with van der Waals surface area (Å²) in [4.78, 5) is 3.51. The fourth-order valence-electron chi connectivity index (χ4n) is 2.46. The maximum atomic E-state index is 7.85. The molecule has 1 aliphatic heterocycles. The molecule has 3 nitrogen and oxygen atoms in total. The molecule has 1 saturated heterocycles. The van der Waals surface area contributed by atoms with Gasteiger partial charge in [0.05, 0.1) is 5.56 Å². The third kappa shape index (κ3) is 2.80. The van der Waals surface area contributed by atoms with Crippen LogP contribution in [0.15, 0.2) is 23.1 Å². The largest absolute Gasteiger partial charge is 0.384 e. The second-order valence-electron chi connectivity index (χ2n) is 4.54. The van der Waals surface area contributed by atoms with Gasteiger partial charge in [-0.15, -0.1) is 11.8 Å². The normalized spacial score (nSPS) is 15.7. The van der Waals surface area contributed by atoms with Crippen molar-refractivity contribution in [1.82, 2.24) is 0 Å². The topological polar surface area (TPSA) is 53.1 Å². The number of piperidine rings is 1. The Morgan fingerprint density at radius 3 is 2.67 bits per heavy atom. The number of thioether (sulfide) groups is 1. The van der Waals surface area contributed by atoms with Gasteiger partial charge in [-0.05, 0) is 37.1 Å². The highest BCUT2D eigenvalue weighted by molar-refractivity contribution is 7.99. The number of nitrogens with two attached hydrogens (primary N) is 1. The molecule has 0 saturated carbocycles. The maximum Gasteiger partial charge on any atom is 0.126 e. The van der Waals surface area contributed by atoms with E-state index in [1.807, 2.05) is 0 Å². The van der Waals surface area contributed by atoms with Crippen LogP contribution in [-0.2, 0) is 0 Å². The van der Waals surface area contributed by atoms with Crippen molar-refractivity contribution in [2.75, 3.05) is 23.7 Å². The highest BCUT2D eigenvalue weighted by Gasteiger charge is 2.18. The number of amidine groups is 1. The van der Waals surface area contributed by atoms with Crippen LogP contribution in [0.5, 0.6) is 0 Å². The fourth-order valence-corrected chi connectivity index (χ4v) is 3.31. The van der Waals surface area contributed by atoms with Gasteiger partial charge in [-0.25, -0.2) is 0 Å². The smallest absolute Gasteiger partial charge is 0.126 e. The summed E-state index contributed by atoms with van der Waals surface area (Å²) in [5.74, 6) is 1.19. The summed E-state index contributed by atoms with van der Waals surface area (Å²) < 4.78 is 0. The van der Waals surface area contributed by atoms with Crippen molar-refractivity contribution in [1.29, 1.82) is 5.41 Å². The van der Waals surface area contributed by atoms with Crippen molar-refractivity contribution in [3.8, 4) is 0 Å². The first kappa shape index (κ1) is 13.3. The minimum atomic E-state index is 0.187. The molecule has 2 rings (SSSR count). The maximum absolute atomic E-state index is 7.85. The average molecular weight is 263 g/mol. The van der Waals surface area contributed by atoms with E-state index in [4.69, 9.17) is 11.1 Å². The number of nitrogens with one attached hydrogen (secondary N) is 1. The van der Waals surface area contributed by atoms with E-state index in [0.717, 1.165) is 35.0 Å². The molecule has 1 fully saturated rings. The van der Waals surface area contributed by atoms with Gasteiger partial charge in [0.2, 0.25) is 0 Å². The third-order valence-electron chi connectivity index (χ3n) is 3.27. The summed E-state index contributed by atoms with van der Waals surface area (Å²) in [5.41, 5.74) is 7.86. The van der Waals surface area contributed by atoms with Crippen LogP contribution in [0.4, 0.5) is 5.69 Å². The Morgan fingerprint density at radius 2 is 2.06 bits per heavy atom. The van der Waals surface area contributed by atoms with Gasteiger partial charge < -0.3 is 10.6 Å². The van der Waals surface area contributed by atoms with Crippen LogP contribution < -0.4 is 10.6 Å². The van der Waals surface area contributed by atoms with Crippen LogP contribution in [0.1, 0.15) is 31.7 Å². The summed E-state index contributed by atoms with van der Waals surface area (Å²) in [7, 11) is 0. The van der Waals surface area contributed by atoms with E-state index in [2.05, 4.69) is 30.0 Å². The van der Waals surface area contributed by atoms with Gasteiger partial charge in [0.25, 0.3) is 0 Å². The van der Waals surface area contributed by atoms with Crippen molar-refractivity contribution in [2.24, 2.45) is 5.73 Å². The number of nitrogen functional groups attached to an aromatic ring is 1. The molecule has 98 valence electrons. The van der Waals surface area contributed by atoms with Gasteiger partial charge >= 0.3 is 0 Å². The molecule has 4 heteroatoms. The molecular formula is C14H21N3S. The Balaban J connectivity index is 2.38. The Morgan fingerprint density at radius 1 is 1.33 bits per heavy atom. The van der Waals surface area contributed by atoms with Crippen molar-refractivity contribution in [3.63, 3.8) is 0 Å². The fraction of sp³-hybridized carbons (Fsp3) is 0.500. The molecule has 0 radical (unpaired) electrons. The molecular weight excluding hydrogens is 242 g/mol. The lowest BCUT2D eigenvalue weighted by molar-refractivity contribution is 0.577. The van der Waals surface area contributed by atoms with Crippen LogP contribution in [0.25, 0.3) is 0 Å². The molecule has 0 atom stereocenters. The zero-order valence-corrected chi connectivity index (χ0v) is 11.7. The molecule has 0 unspecified atom stereocenters. The van der Waals surface area contributed by atoms with Gasteiger partial charge in [-0.1, -0.05) is 13.0 Å². The molecule has 0 aromatic heterocycles. The van der Waals surface area contributed by atoms with E-state index in [0.29, 0.717) is 0 Å². The zero-order valence-electron chi connectivity index (χ0n) is 10.9. The predicted molar refractivity (Wildman–Crippen MR) is 79.9 cm³/mol. The summed E-state index contributed by atoms with van der Waals surface area (Å²) in [5, 5.41) is 7.85. The quantitative estimate of drug-likeness (QED) is 0.498. The number of rotatable bonds is 4. The van der Waals surface area contributed by atoms with Crippen molar-refractivity contribution in [2.45, 2.75) is 31.1 Å². The second kappa shape index (κ2) is 6.14. The van der Waals surface area contributed by atoms with E-state index >= 15 is 0 Å². The minimum absolute atomic E-state index is 0.187. The molecule has 0 aliphatic carbocycles. The van der Waals surface area contributed by atoms with E-state index in [1.54, 1.807) is 11.8 Å². The van der Waals surface area contributed by atoms with Crippen LogP contribution >= 0.6 is 11.8 Å². The number of hydrogen-bond acceptors (Lipinski definition) is 3. The predicted octanol–water partition coefficient (Wildman–Crippen LogP) is 3.07. The average Bonchev–Trinajstić information content (AvgIpc) is 2.39. The van der Waals surface area contributed by atoms with Gasteiger partial charge in [0, 0.05) is 23.7 Å². The molecule has 0 bridgehead atoms. The van der Waals surface area contributed by atoms with E-state index < -0.39 is 0 Å². The van der Waals surface area contributed by atoms with Crippen molar-refractivity contribution < 1.29 is 0 Å². The lowest BCUT2D eigenvalue weighted by atomic mass is 10.1. The van der Waals surface area contributed by atoms with Crippen LogP contribution in [-0.4, -0.2) is 24.7 Å². The van der Waals surface area contributed by atoms with E-state index in [1.165, 1.54) is 19.3 Å². The van der Waals surface area contributed by atoms with Crippen LogP contribution in [0.3, 0.4) is 0 Å². The standard InChI is InChI=1S/C14H21N3S/c1-2-18-12-8-6-7-11(13(12)14(15)16)17-9-4-3-5-10-17/h6-8H,2-5,9-10H2,1H3,(H3,15,16). The molecule has 0 amide bonds. The summed E-state index contributed by atoms with van der Waals surface area (Å²) >= 11 is 1.76. The lowest BCUT2D eigenvalue weighted by Gasteiger charge is -2.31. The van der Waals surface area contributed by atoms with E-state index in [-0.39, 0.29) is 5.84 Å². The Labute approximate surface area is 113 Å². The van der Waals surface area contributed by atoms with Crippen LogP contribution in [0, 0.1) is 5.41 Å². The van der Waals surface area contributed by atoms with Gasteiger partial charge in [-0.2, -0.15) is 0 Å². The highest BCUT2D eigenvalue weighted by atomic mass is 32.2. The number of anilines is 1. The molecule has 1 heterocycles. The molecule has 18 heavy (non-hydrogen) atoms. The summed E-state index contributed by atoms with van der Waals surface area (Å²) in [6, 6.07) is 6.24. The Bertz CT molecular complexity index is 425. The first-order chi connectivity index (χ1) is 8.74. The van der Waals surface area contributed by atoms with Gasteiger partial charge in [0.15, 0.2) is 0 Å². The Kier molecular flexibility index (Phi) is 4.53. The van der Waals surface area contributed by atoms with Gasteiger partial charge in [0.1, 0.15) is 5.84 Å². The van der Waals surface area contributed by atoms with E-state index in [9.17, 15) is 0 Å². The van der Waals surface area contributed by atoms with Crippen LogP contribution in [0.2, 0.25) is 0 Å². The first-order valence-electron chi connectivity index (χ1n) is 6.59. The minimum Gasteiger partial charge on any atom is -0.384 e. The molecule has 0 spiro atoms. The monoisotopic (exact) mass is 263 g/mol. The summed E-state index contributed by atoms with van der Waals surface area (Å²) in [6.07, 6.45) is 3.79. The first-order valence-corrected chi connectivity index (χ1v) is 7.57. The zero-order chi connectivity index (χ0) is 13.0. The second-order valence-corrected chi connectivity index (χ2v) is 5.85. The highest BCUT2D eigenvalue weighted by Crippen LogP contribution is 2.31. The lowest BCUT2D eigenvalue weighted by Crippen LogP contribution is -2.31. The molecule has 1 aromatic rings. The Hall–Kier alpha value is -1.16.